The summed E-state index contributed by atoms with van der Waals surface area (Å²) >= 11 is 0. The molecule has 0 aliphatic heterocycles. The molecule has 0 saturated heterocycles. The maximum Gasteiger partial charge on any atom is 0.282 e. The van der Waals surface area contributed by atoms with Gasteiger partial charge in [-0.25, -0.2) is 0 Å². The quantitative estimate of drug-likeness (QED) is 0.666. The molecule has 0 saturated carbocycles. The van der Waals surface area contributed by atoms with Gasteiger partial charge in [-0.15, -0.1) is 0 Å². The van der Waals surface area contributed by atoms with Gasteiger partial charge in [0, 0.05) is 5.56 Å². The Bertz CT molecular complexity index is 540. The first-order chi connectivity index (χ1) is 8.72. The van der Waals surface area contributed by atoms with Gasteiger partial charge in [-0.05, 0) is 30.3 Å². The molecule has 0 radical (unpaired) electrons. The maximum atomic E-state index is 12.0. The van der Waals surface area contributed by atoms with Gasteiger partial charge >= 0.3 is 0 Å². The number of methoxy groups -OCH3 is 1. The third-order valence-corrected chi connectivity index (χ3v) is 2.51. The number of hydrogen-bond donors (Lipinski definition) is 1. The summed E-state index contributed by atoms with van der Waals surface area (Å²) in [4.78, 5) is 12.0. The number of hydroxylamine groups is 1. The summed E-state index contributed by atoms with van der Waals surface area (Å²) in [6, 6.07) is 15.2. The summed E-state index contributed by atoms with van der Waals surface area (Å²) in [5.74, 6) is 0.0717. The molecular weight excluding hydrogens is 230 g/mol. The van der Waals surface area contributed by atoms with E-state index in [4.69, 9.17) is 4.74 Å². The van der Waals surface area contributed by atoms with E-state index in [2.05, 4.69) is 0 Å². The Morgan fingerprint density at radius 2 is 1.83 bits per heavy atom. The summed E-state index contributed by atoms with van der Waals surface area (Å²) in [6.45, 7) is 0. The fourth-order valence-electron chi connectivity index (χ4n) is 1.56. The molecule has 4 heteroatoms. The second kappa shape index (κ2) is 5.33. The zero-order valence-corrected chi connectivity index (χ0v) is 9.91. The summed E-state index contributed by atoms with van der Waals surface area (Å²) < 4.78 is 5.04. The zero-order chi connectivity index (χ0) is 13.0. The second-order valence-electron chi connectivity index (χ2n) is 3.68. The van der Waals surface area contributed by atoms with E-state index in [-0.39, 0.29) is 0 Å². The van der Waals surface area contributed by atoms with E-state index in [1.165, 1.54) is 7.11 Å². The molecule has 0 fully saturated rings. The van der Waals surface area contributed by atoms with E-state index in [9.17, 15) is 10.0 Å². The number of anilines is 1. The van der Waals surface area contributed by atoms with Crippen molar-refractivity contribution < 1.29 is 14.7 Å². The SMILES string of the molecule is COc1cccc(C(=O)N(O)c2ccccc2)c1. The van der Waals surface area contributed by atoms with E-state index in [0.29, 0.717) is 22.1 Å². The minimum Gasteiger partial charge on any atom is -0.497 e. The summed E-state index contributed by atoms with van der Waals surface area (Å²) in [5.41, 5.74) is 0.783. The highest BCUT2D eigenvalue weighted by Gasteiger charge is 2.15. The summed E-state index contributed by atoms with van der Waals surface area (Å²) in [6.07, 6.45) is 0. The van der Waals surface area contributed by atoms with Crippen molar-refractivity contribution in [2.45, 2.75) is 0 Å². The van der Waals surface area contributed by atoms with Crippen molar-refractivity contribution in [1.82, 2.24) is 0 Å². The first-order valence-electron chi connectivity index (χ1n) is 5.45. The van der Waals surface area contributed by atoms with Crippen molar-refractivity contribution in [2.24, 2.45) is 0 Å². The molecule has 1 amide bonds. The molecule has 0 aliphatic rings. The fourth-order valence-corrected chi connectivity index (χ4v) is 1.56. The topological polar surface area (TPSA) is 49.8 Å². The maximum absolute atomic E-state index is 12.0. The predicted molar refractivity (Wildman–Crippen MR) is 68.0 cm³/mol. The van der Waals surface area contributed by atoms with Crippen LogP contribution < -0.4 is 9.80 Å². The normalized spacial score (nSPS) is 9.89. The lowest BCUT2D eigenvalue weighted by Crippen LogP contribution is -2.26. The van der Waals surface area contributed by atoms with Crippen LogP contribution >= 0.6 is 0 Å². The lowest BCUT2D eigenvalue weighted by Gasteiger charge is -2.15. The Morgan fingerprint density at radius 1 is 1.11 bits per heavy atom. The lowest BCUT2D eigenvalue weighted by atomic mass is 10.2. The smallest absolute Gasteiger partial charge is 0.282 e. The molecule has 2 aromatic carbocycles. The van der Waals surface area contributed by atoms with Crippen LogP contribution in [-0.2, 0) is 0 Å². The molecule has 0 spiro atoms. The van der Waals surface area contributed by atoms with Crippen molar-refractivity contribution >= 4 is 11.6 Å². The van der Waals surface area contributed by atoms with Gasteiger partial charge in [-0.3, -0.25) is 10.0 Å². The average molecular weight is 243 g/mol. The van der Waals surface area contributed by atoms with Gasteiger partial charge in [0.15, 0.2) is 0 Å². The van der Waals surface area contributed by atoms with Gasteiger partial charge in [0.25, 0.3) is 5.91 Å². The van der Waals surface area contributed by atoms with Crippen LogP contribution in [0.1, 0.15) is 10.4 Å². The lowest BCUT2D eigenvalue weighted by molar-refractivity contribution is 0.0854. The van der Waals surface area contributed by atoms with Crippen LogP contribution in [0.3, 0.4) is 0 Å². The predicted octanol–water partition coefficient (Wildman–Crippen LogP) is 2.73. The van der Waals surface area contributed by atoms with Crippen molar-refractivity contribution in [3.8, 4) is 5.75 Å². The van der Waals surface area contributed by atoms with E-state index < -0.39 is 5.91 Å². The van der Waals surface area contributed by atoms with Gasteiger partial charge in [-0.1, -0.05) is 24.3 Å². The molecule has 1 N–H and O–H groups in total. The highest BCUT2D eigenvalue weighted by molar-refractivity contribution is 6.04. The number of benzene rings is 2. The summed E-state index contributed by atoms with van der Waals surface area (Å²) in [7, 11) is 1.53. The van der Waals surface area contributed by atoms with Crippen molar-refractivity contribution in [3.63, 3.8) is 0 Å². The molecule has 4 nitrogen and oxygen atoms in total. The Labute approximate surface area is 105 Å². The van der Waals surface area contributed by atoms with E-state index in [0.717, 1.165) is 0 Å². The Balaban J connectivity index is 2.25. The minimum atomic E-state index is -0.500. The van der Waals surface area contributed by atoms with Crippen molar-refractivity contribution in [2.75, 3.05) is 12.2 Å². The number of nitrogens with zero attached hydrogens (tertiary/aromatic N) is 1. The van der Waals surface area contributed by atoms with Crippen LogP contribution in [0.15, 0.2) is 54.6 Å². The van der Waals surface area contributed by atoms with Gasteiger partial charge in [0.05, 0.1) is 12.8 Å². The number of para-hydroxylation sites is 1. The molecule has 18 heavy (non-hydrogen) atoms. The van der Waals surface area contributed by atoms with Crippen LogP contribution in [0.4, 0.5) is 5.69 Å². The largest absolute Gasteiger partial charge is 0.497 e. The number of carbonyl (C=O) groups excluding carboxylic acids is 1. The van der Waals surface area contributed by atoms with Crippen molar-refractivity contribution in [3.05, 3.63) is 60.2 Å². The summed E-state index contributed by atoms with van der Waals surface area (Å²) in [5, 5.41) is 10.5. The number of hydrogen-bond acceptors (Lipinski definition) is 3. The number of carbonyl (C=O) groups is 1. The molecular formula is C14H13NO3. The Morgan fingerprint density at radius 3 is 2.50 bits per heavy atom. The molecule has 0 atom stereocenters. The molecule has 2 rings (SSSR count). The zero-order valence-electron chi connectivity index (χ0n) is 9.91. The second-order valence-corrected chi connectivity index (χ2v) is 3.68. The molecule has 92 valence electrons. The Kier molecular flexibility index (Phi) is 3.60. The monoisotopic (exact) mass is 243 g/mol. The minimum absolute atomic E-state index is 0.362. The van der Waals surface area contributed by atoms with E-state index >= 15 is 0 Å². The van der Waals surface area contributed by atoms with Crippen LogP contribution in [0.2, 0.25) is 0 Å². The van der Waals surface area contributed by atoms with Crippen LogP contribution in [-0.4, -0.2) is 18.2 Å². The molecule has 0 unspecified atom stereocenters. The number of amides is 1. The third kappa shape index (κ3) is 2.49. The standard InChI is InChI=1S/C14H13NO3/c1-18-13-9-5-6-11(10-13)14(16)15(17)12-7-3-2-4-8-12/h2-10,17H,1H3. The van der Waals surface area contributed by atoms with E-state index in [1.807, 2.05) is 6.07 Å². The van der Waals surface area contributed by atoms with Gasteiger partial charge < -0.3 is 4.74 Å². The Hall–Kier alpha value is -2.33. The third-order valence-electron chi connectivity index (χ3n) is 2.51. The van der Waals surface area contributed by atoms with E-state index in [1.54, 1.807) is 48.5 Å². The number of rotatable bonds is 3. The first kappa shape index (κ1) is 12.1. The molecule has 2 aromatic rings. The molecule has 0 bridgehead atoms. The molecule has 0 aliphatic carbocycles. The number of ether oxygens (including phenoxy) is 1. The van der Waals surface area contributed by atoms with Gasteiger partial charge in [0.2, 0.25) is 0 Å². The first-order valence-corrected chi connectivity index (χ1v) is 5.45. The fraction of sp³-hybridized carbons (Fsp3) is 0.0714. The molecule has 0 aromatic heterocycles. The van der Waals surface area contributed by atoms with Gasteiger partial charge in [-0.2, -0.15) is 5.06 Å². The van der Waals surface area contributed by atoms with Crippen LogP contribution in [0, 0.1) is 0 Å². The highest BCUT2D eigenvalue weighted by atomic mass is 16.5. The highest BCUT2D eigenvalue weighted by Crippen LogP contribution is 2.17. The van der Waals surface area contributed by atoms with Crippen LogP contribution in [0.5, 0.6) is 5.75 Å². The molecule has 0 heterocycles. The van der Waals surface area contributed by atoms with Crippen LogP contribution in [0.25, 0.3) is 0 Å². The van der Waals surface area contributed by atoms with Crippen molar-refractivity contribution in [1.29, 1.82) is 0 Å². The van der Waals surface area contributed by atoms with Gasteiger partial charge in [0.1, 0.15) is 5.75 Å². The average Bonchev–Trinajstić information content (AvgIpc) is 2.46.